The van der Waals surface area contributed by atoms with E-state index in [1.807, 2.05) is 0 Å². The number of carbonyl (C=O) groups is 1. The second-order valence-electron chi connectivity index (χ2n) is 4.77. The molecule has 1 aromatic heterocycles. The summed E-state index contributed by atoms with van der Waals surface area (Å²) in [5.74, 6) is -0.432. The van der Waals surface area contributed by atoms with Gasteiger partial charge in [-0.1, -0.05) is 0 Å². The second kappa shape index (κ2) is 5.43. The van der Waals surface area contributed by atoms with E-state index in [-0.39, 0.29) is 19.2 Å². The molecule has 2 aliphatic heterocycles. The topological polar surface area (TPSA) is 112 Å². The molecule has 0 bridgehead atoms. The number of esters is 1. The predicted molar refractivity (Wildman–Crippen MR) is 67.7 cm³/mol. The third kappa shape index (κ3) is 2.39. The number of ether oxygens (including phenoxy) is 3. The van der Waals surface area contributed by atoms with Crippen LogP contribution < -0.4 is 15.6 Å². The van der Waals surface area contributed by atoms with Crippen LogP contribution in [0.4, 0.5) is 0 Å². The first-order valence-electron chi connectivity index (χ1n) is 6.46. The molecule has 2 aliphatic rings. The predicted octanol–water partition coefficient (Wildman–Crippen LogP) is -1.97. The largest absolute Gasteiger partial charge is 0.468 e. The molecule has 0 amide bonds. The Morgan fingerprint density at radius 2 is 2.43 bits per heavy atom. The van der Waals surface area contributed by atoms with Gasteiger partial charge in [-0.15, -0.1) is 0 Å². The van der Waals surface area contributed by atoms with Crippen LogP contribution >= 0.6 is 0 Å². The van der Waals surface area contributed by atoms with Gasteiger partial charge in [0, 0.05) is 12.3 Å². The number of aliphatic hydroxyl groups is 1. The fourth-order valence-electron chi connectivity index (χ4n) is 2.56. The number of hydrogen-bond acceptors (Lipinski definition) is 8. The molecule has 9 heteroatoms. The number of carbonyl (C=O) groups excluding carboxylic acids is 1. The summed E-state index contributed by atoms with van der Waals surface area (Å²) in [4.78, 5) is 26.2. The van der Waals surface area contributed by atoms with E-state index in [4.69, 9.17) is 9.47 Å². The van der Waals surface area contributed by atoms with Crippen molar-refractivity contribution in [2.75, 3.05) is 20.3 Å². The quantitative estimate of drug-likeness (QED) is 0.615. The average Bonchev–Trinajstić information content (AvgIpc) is 2.99. The highest BCUT2D eigenvalue weighted by Gasteiger charge is 2.51. The first-order valence-corrected chi connectivity index (χ1v) is 6.46. The number of rotatable bonds is 4. The molecular weight excluding hydrogens is 282 g/mol. The van der Waals surface area contributed by atoms with Crippen LogP contribution in [0.2, 0.25) is 0 Å². The molecule has 0 saturated carbocycles. The molecular formula is C12H15N3O6. The van der Waals surface area contributed by atoms with Gasteiger partial charge in [0.15, 0.2) is 12.3 Å². The molecule has 9 nitrogen and oxygen atoms in total. The Labute approximate surface area is 119 Å². The van der Waals surface area contributed by atoms with Crippen LogP contribution in [0.1, 0.15) is 6.23 Å². The van der Waals surface area contributed by atoms with Crippen LogP contribution in [0.25, 0.3) is 0 Å². The highest BCUT2D eigenvalue weighted by Crippen LogP contribution is 2.38. The highest BCUT2D eigenvalue weighted by molar-refractivity contribution is 5.71. The third-order valence-corrected chi connectivity index (χ3v) is 3.56. The molecule has 1 fully saturated rings. The molecule has 3 rings (SSSR count). The van der Waals surface area contributed by atoms with E-state index in [0.29, 0.717) is 0 Å². The summed E-state index contributed by atoms with van der Waals surface area (Å²) in [5.41, 5.74) is -0.404. The summed E-state index contributed by atoms with van der Waals surface area (Å²) in [6.45, 7) is -0.257. The molecule has 21 heavy (non-hydrogen) atoms. The lowest BCUT2D eigenvalue weighted by Gasteiger charge is -2.20. The van der Waals surface area contributed by atoms with E-state index in [2.05, 4.69) is 15.0 Å². The number of fused-ring (bicyclic) bond motifs is 3. The van der Waals surface area contributed by atoms with E-state index in [9.17, 15) is 14.7 Å². The Morgan fingerprint density at radius 1 is 1.62 bits per heavy atom. The maximum atomic E-state index is 11.2. The summed E-state index contributed by atoms with van der Waals surface area (Å²) in [6.07, 6.45) is 0.0191. The fraction of sp³-hybridized carbons (Fsp3) is 0.583. The monoisotopic (exact) mass is 297 g/mol. The molecule has 1 saturated heterocycles. The zero-order chi connectivity index (χ0) is 15.0. The minimum absolute atomic E-state index is 0.0329. The van der Waals surface area contributed by atoms with Crippen molar-refractivity contribution in [3.05, 3.63) is 22.6 Å². The average molecular weight is 297 g/mol. The van der Waals surface area contributed by atoms with Gasteiger partial charge in [-0.25, -0.2) is 0 Å². The van der Waals surface area contributed by atoms with Crippen LogP contribution in [0.15, 0.2) is 17.1 Å². The maximum Gasteiger partial charge on any atom is 0.319 e. The Bertz CT molecular complexity index is 603. The summed E-state index contributed by atoms with van der Waals surface area (Å²) in [7, 11) is 1.29. The minimum Gasteiger partial charge on any atom is -0.468 e. The van der Waals surface area contributed by atoms with Crippen molar-refractivity contribution >= 4 is 5.97 Å². The number of hydrogen-bond donors (Lipinski definition) is 2. The van der Waals surface area contributed by atoms with E-state index in [0.717, 1.165) is 0 Å². The van der Waals surface area contributed by atoms with Gasteiger partial charge in [-0.2, -0.15) is 4.98 Å². The Balaban J connectivity index is 1.80. The van der Waals surface area contributed by atoms with Gasteiger partial charge in [-0.3, -0.25) is 19.5 Å². The maximum absolute atomic E-state index is 11.2. The normalized spacial score (nSPS) is 29.6. The van der Waals surface area contributed by atoms with Crippen LogP contribution in [0, 0.1) is 0 Å². The Kier molecular flexibility index (Phi) is 3.62. The van der Waals surface area contributed by atoms with Gasteiger partial charge in [0.05, 0.1) is 26.3 Å². The van der Waals surface area contributed by atoms with E-state index >= 15 is 0 Å². The summed E-state index contributed by atoms with van der Waals surface area (Å²) in [5, 5.41) is 12.3. The Morgan fingerprint density at radius 3 is 3.14 bits per heavy atom. The first kappa shape index (κ1) is 14.0. The highest BCUT2D eigenvalue weighted by atomic mass is 16.6. The van der Waals surface area contributed by atoms with E-state index in [1.165, 1.54) is 19.4 Å². The SMILES string of the molecule is COC(=O)CN[C@H]1[C@@H]2Oc3nc(=O)ccn3[C@@H]2O[C@@H]1CO. The molecule has 2 N–H and O–H groups in total. The van der Waals surface area contributed by atoms with Crippen molar-refractivity contribution in [2.45, 2.75) is 24.5 Å². The number of methoxy groups -OCH3 is 1. The fourth-order valence-corrected chi connectivity index (χ4v) is 2.56. The lowest BCUT2D eigenvalue weighted by atomic mass is 10.1. The summed E-state index contributed by atoms with van der Waals surface area (Å²) >= 11 is 0. The smallest absolute Gasteiger partial charge is 0.319 e. The van der Waals surface area contributed by atoms with Gasteiger partial charge in [0.2, 0.25) is 0 Å². The molecule has 0 spiro atoms. The first-order chi connectivity index (χ1) is 10.1. The van der Waals surface area contributed by atoms with Gasteiger partial charge in [-0.05, 0) is 0 Å². The molecule has 4 atom stereocenters. The van der Waals surface area contributed by atoms with Crippen molar-refractivity contribution in [2.24, 2.45) is 0 Å². The number of aliphatic hydroxyl groups excluding tert-OH is 1. The second-order valence-corrected chi connectivity index (χ2v) is 4.77. The van der Waals surface area contributed by atoms with Crippen molar-refractivity contribution in [3.8, 4) is 6.01 Å². The number of nitrogens with one attached hydrogen (secondary N) is 1. The van der Waals surface area contributed by atoms with Crippen molar-refractivity contribution in [1.82, 2.24) is 14.9 Å². The van der Waals surface area contributed by atoms with Gasteiger partial charge < -0.3 is 19.3 Å². The van der Waals surface area contributed by atoms with Crippen LogP contribution in [-0.2, 0) is 14.3 Å². The van der Waals surface area contributed by atoms with Crippen LogP contribution in [0.3, 0.4) is 0 Å². The molecule has 114 valence electrons. The van der Waals surface area contributed by atoms with Crippen molar-refractivity contribution in [1.29, 1.82) is 0 Å². The molecule has 0 radical (unpaired) electrons. The van der Waals surface area contributed by atoms with Crippen molar-refractivity contribution < 1.29 is 24.1 Å². The Hall–Kier alpha value is -1.97. The van der Waals surface area contributed by atoms with Crippen LogP contribution in [-0.4, -0.2) is 59.1 Å². The lowest BCUT2D eigenvalue weighted by Crippen LogP contribution is -2.48. The number of aromatic nitrogens is 2. The number of nitrogens with zero attached hydrogens (tertiary/aromatic N) is 2. The summed E-state index contributed by atoms with van der Waals surface area (Å²) < 4.78 is 17.5. The van der Waals surface area contributed by atoms with Gasteiger partial charge in [0.25, 0.3) is 5.56 Å². The standard InChI is InChI=1S/C12H15N3O6/c1-19-8(18)4-13-9-6(5-16)20-11-10(9)21-12-14-7(17)2-3-15(11)12/h2-3,6,9-11,13,16H,4-5H2,1H3/t6-,9-,10+,11-/m1/s1. The van der Waals surface area contributed by atoms with Crippen molar-refractivity contribution in [3.63, 3.8) is 0 Å². The van der Waals surface area contributed by atoms with E-state index < -0.39 is 36.0 Å². The van der Waals surface area contributed by atoms with Crippen LogP contribution in [0.5, 0.6) is 6.01 Å². The zero-order valence-electron chi connectivity index (χ0n) is 11.3. The molecule has 0 aromatic carbocycles. The molecule has 1 aromatic rings. The van der Waals surface area contributed by atoms with E-state index in [1.54, 1.807) is 4.57 Å². The molecule has 0 unspecified atom stereocenters. The molecule has 0 aliphatic carbocycles. The third-order valence-electron chi connectivity index (χ3n) is 3.56. The molecule has 3 heterocycles. The van der Waals surface area contributed by atoms with Gasteiger partial charge in [0.1, 0.15) is 6.10 Å². The lowest BCUT2D eigenvalue weighted by molar-refractivity contribution is -0.139. The zero-order valence-corrected chi connectivity index (χ0v) is 11.3. The summed E-state index contributed by atoms with van der Waals surface area (Å²) in [6, 6.07) is 1.05. The minimum atomic E-state index is -0.530. The van der Waals surface area contributed by atoms with Gasteiger partial charge >= 0.3 is 12.0 Å².